The Labute approximate surface area is 199 Å². The minimum atomic E-state index is 0.249. The van der Waals surface area contributed by atoms with E-state index in [9.17, 15) is 0 Å². The van der Waals surface area contributed by atoms with Crippen LogP contribution >= 0.6 is 23.5 Å². The second-order valence-corrected chi connectivity index (χ2v) is 13.0. The molecule has 168 valence electrons. The number of hydrogen-bond acceptors (Lipinski definition) is 2. The molecule has 2 heteroatoms. The summed E-state index contributed by atoms with van der Waals surface area (Å²) in [5.74, 6) is 0. The van der Waals surface area contributed by atoms with Crippen molar-refractivity contribution >= 4 is 28.4 Å². The third-order valence-electron chi connectivity index (χ3n) is 6.50. The van der Waals surface area contributed by atoms with Crippen LogP contribution in [0.1, 0.15) is 83.8 Å². The van der Waals surface area contributed by atoms with Gasteiger partial charge in [0.05, 0.1) is 0 Å². The summed E-state index contributed by atoms with van der Waals surface area (Å²) in [6, 6.07) is 8.81. The maximum Gasteiger partial charge on any atom is 0.00952 e. The Morgan fingerprint density at radius 1 is 0.968 bits per heavy atom. The zero-order chi connectivity index (χ0) is 22.4. The Hall–Kier alpha value is -1.12. The van der Waals surface area contributed by atoms with Gasteiger partial charge in [0.25, 0.3) is 0 Å². The molecule has 0 atom stereocenters. The van der Waals surface area contributed by atoms with Gasteiger partial charge in [-0.3, -0.25) is 0 Å². The molecule has 0 bridgehead atoms. The second-order valence-electron chi connectivity index (χ2n) is 10.2. The summed E-state index contributed by atoms with van der Waals surface area (Å²) >= 11 is 4.16. The zero-order valence-corrected chi connectivity index (χ0v) is 21.8. The molecule has 1 aromatic carbocycles. The largest absolute Gasteiger partial charge is 0.127 e. The fourth-order valence-electron chi connectivity index (χ4n) is 4.58. The number of benzene rings is 1. The van der Waals surface area contributed by atoms with Crippen molar-refractivity contribution in [2.75, 3.05) is 0 Å². The monoisotopic (exact) mass is 452 g/mol. The summed E-state index contributed by atoms with van der Waals surface area (Å²) < 4.78 is 0. The van der Waals surface area contributed by atoms with E-state index < -0.39 is 0 Å². The third-order valence-corrected chi connectivity index (χ3v) is 9.21. The maximum absolute atomic E-state index is 4.36. The van der Waals surface area contributed by atoms with Crippen LogP contribution in [-0.2, 0) is 0 Å². The lowest BCUT2D eigenvalue weighted by molar-refractivity contribution is 0.484. The van der Waals surface area contributed by atoms with E-state index in [1.165, 1.54) is 48.1 Å². The highest BCUT2D eigenvalue weighted by atomic mass is 32.2. The van der Waals surface area contributed by atoms with Crippen LogP contribution in [0.5, 0.6) is 0 Å². The van der Waals surface area contributed by atoms with Crippen molar-refractivity contribution in [3.63, 3.8) is 0 Å². The van der Waals surface area contributed by atoms with Gasteiger partial charge < -0.3 is 0 Å². The van der Waals surface area contributed by atoms with Crippen molar-refractivity contribution in [3.8, 4) is 0 Å². The smallest absolute Gasteiger partial charge is 0.00952 e. The molecule has 0 nitrogen and oxygen atoms in total. The van der Waals surface area contributed by atoms with Crippen molar-refractivity contribution in [1.82, 2.24) is 0 Å². The van der Waals surface area contributed by atoms with Crippen molar-refractivity contribution in [2.24, 2.45) is 5.41 Å². The Bertz CT molecular complexity index is 838. The first-order valence-electron chi connectivity index (χ1n) is 11.9. The summed E-state index contributed by atoms with van der Waals surface area (Å²) in [5, 5.41) is 1.47. The Kier molecular flexibility index (Phi) is 8.82. The van der Waals surface area contributed by atoms with E-state index in [2.05, 4.69) is 95.5 Å². The predicted molar refractivity (Wildman–Crippen MR) is 145 cm³/mol. The topological polar surface area (TPSA) is 0 Å². The number of aryl methyl sites for hydroxylation is 1. The molecule has 31 heavy (non-hydrogen) atoms. The summed E-state index contributed by atoms with van der Waals surface area (Å²) in [5.41, 5.74) is 6.09. The molecule has 2 aliphatic rings. The van der Waals surface area contributed by atoms with Crippen LogP contribution in [-0.4, -0.2) is 10.5 Å². The third kappa shape index (κ3) is 7.46. The van der Waals surface area contributed by atoms with Crippen LogP contribution in [0, 0.1) is 12.3 Å². The molecular weight excluding hydrogens is 412 g/mol. The molecule has 0 saturated heterocycles. The van der Waals surface area contributed by atoms with Gasteiger partial charge in [-0.2, -0.15) is 0 Å². The van der Waals surface area contributed by atoms with Gasteiger partial charge in [0.1, 0.15) is 0 Å². The van der Waals surface area contributed by atoms with Gasteiger partial charge in [0.15, 0.2) is 0 Å². The molecule has 1 fully saturated rings. The van der Waals surface area contributed by atoms with Crippen molar-refractivity contribution in [2.45, 2.75) is 90.1 Å². The maximum atomic E-state index is 4.36. The molecule has 0 radical (unpaired) electrons. The first-order valence-corrected chi connectivity index (χ1v) is 13.6. The summed E-state index contributed by atoms with van der Waals surface area (Å²) in [6.07, 6.45) is 15.8. The highest BCUT2D eigenvalue weighted by Gasteiger charge is 2.26. The van der Waals surface area contributed by atoms with E-state index in [1.807, 2.05) is 11.8 Å². The average molecular weight is 453 g/mol. The highest BCUT2D eigenvalue weighted by molar-refractivity contribution is 8.08. The molecule has 1 saturated carbocycles. The lowest BCUT2D eigenvalue weighted by Gasteiger charge is -2.31. The fourth-order valence-corrected chi connectivity index (χ4v) is 7.09. The molecule has 0 heterocycles. The van der Waals surface area contributed by atoms with E-state index >= 15 is 0 Å². The number of hydrogen-bond donors (Lipinski definition) is 0. The molecule has 0 spiro atoms. The van der Waals surface area contributed by atoms with E-state index in [-0.39, 0.29) is 5.41 Å². The number of allylic oxidation sites excluding steroid dienone is 6. The van der Waals surface area contributed by atoms with E-state index in [1.54, 1.807) is 16.1 Å². The second kappa shape index (κ2) is 11.1. The molecule has 0 N–H and O–H groups in total. The fraction of sp³-hybridized carbons (Fsp3) is 0.517. The van der Waals surface area contributed by atoms with Gasteiger partial charge in [-0.15, -0.1) is 23.5 Å². The minimum absolute atomic E-state index is 0.249. The van der Waals surface area contributed by atoms with Gasteiger partial charge in [-0.05, 0) is 68.3 Å². The van der Waals surface area contributed by atoms with Gasteiger partial charge in [-0.1, -0.05) is 86.6 Å². The van der Waals surface area contributed by atoms with Crippen LogP contribution in [0.25, 0.3) is 4.91 Å². The van der Waals surface area contributed by atoms with Gasteiger partial charge in [0, 0.05) is 21.8 Å². The van der Waals surface area contributed by atoms with E-state index in [4.69, 9.17) is 0 Å². The first kappa shape index (κ1) is 24.5. The molecule has 3 rings (SSSR count). The summed E-state index contributed by atoms with van der Waals surface area (Å²) in [6.45, 7) is 16.0. The molecule has 0 aliphatic heterocycles. The quantitative estimate of drug-likeness (QED) is 0.408. The van der Waals surface area contributed by atoms with Gasteiger partial charge in [0.2, 0.25) is 0 Å². The molecular formula is C29H40S2. The Balaban J connectivity index is 1.56. The SMILES string of the molecule is C=C(SC1CCC(S/C2=C/C=C\CC/C(C)=C(/C(C)(C)C)C2)CC1)c1ccc(C)cc1. The molecule has 0 unspecified atom stereocenters. The first-order chi connectivity index (χ1) is 14.7. The average Bonchev–Trinajstić information content (AvgIpc) is 2.80. The lowest BCUT2D eigenvalue weighted by atomic mass is 9.80. The molecule has 2 aliphatic carbocycles. The zero-order valence-electron chi connectivity index (χ0n) is 20.2. The molecule has 1 aromatic rings. The van der Waals surface area contributed by atoms with Crippen molar-refractivity contribution < 1.29 is 0 Å². The lowest BCUT2D eigenvalue weighted by Crippen LogP contribution is -2.18. The number of rotatable bonds is 5. The predicted octanol–water partition coefficient (Wildman–Crippen LogP) is 9.73. The molecule has 0 aromatic heterocycles. The Morgan fingerprint density at radius 3 is 2.26 bits per heavy atom. The van der Waals surface area contributed by atoms with Crippen LogP contribution in [0.4, 0.5) is 0 Å². The van der Waals surface area contributed by atoms with Gasteiger partial charge in [-0.25, -0.2) is 0 Å². The summed E-state index contributed by atoms with van der Waals surface area (Å²) in [7, 11) is 0. The molecule has 0 amide bonds. The number of thioether (sulfide) groups is 2. The van der Waals surface area contributed by atoms with E-state index in [0.29, 0.717) is 5.25 Å². The van der Waals surface area contributed by atoms with Crippen LogP contribution in [0.2, 0.25) is 0 Å². The van der Waals surface area contributed by atoms with Crippen LogP contribution < -0.4 is 0 Å². The Morgan fingerprint density at radius 2 is 1.61 bits per heavy atom. The standard InChI is InChI=1S/C29H40S2/c1-21-12-14-24(15-13-21)23(3)30-25-16-18-26(19-17-25)31-27-11-9-7-8-10-22(2)28(20-27)29(4,5)6/h7,9,11-15,25-26H,3,8,10,16-20H2,1-2,4-6H3/b9-7-,27-11+,28-22+. The summed E-state index contributed by atoms with van der Waals surface area (Å²) in [4.78, 5) is 2.79. The highest BCUT2D eigenvalue weighted by Crippen LogP contribution is 2.44. The van der Waals surface area contributed by atoms with Crippen LogP contribution in [0.3, 0.4) is 0 Å². The normalized spacial score (nSPS) is 28.1. The van der Waals surface area contributed by atoms with E-state index in [0.717, 1.165) is 18.1 Å². The van der Waals surface area contributed by atoms with Crippen molar-refractivity contribution in [3.05, 3.63) is 76.3 Å². The van der Waals surface area contributed by atoms with Crippen LogP contribution in [0.15, 0.2) is 65.1 Å². The van der Waals surface area contributed by atoms with Gasteiger partial charge >= 0.3 is 0 Å². The minimum Gasteiger partial charge on any atom is -0.127 e. The van der Waals surface area contributed by atoms with Crippen molar-refractivity contribution in [1.29, 1.82) is 0 Å².